The molecule has 0 aromatic heterocycles. The summed E-state index contributed by atoms with van der Waals surface area (Å²) in [5.74, 6) is 0.104. The van der Waals surface area contributed by atoms with Crippen molar-refractivity contribution in [2.24, 2.45) is 0 Å². The topological polar surface area (TPSA) is 44.4 Å². The number of halogens is 3. The standard InChI is InChI=1S/C23H24F3N3OS/c24-23(25,26)17-7-3-6-16(14-17)22(11-1-2-12-22)28-21(31)27-18-8-4-9-19(15-18)29-13-5-10-20(29)30/h3-4,6-9,14-15H,1-2,5,10-13H2,(H2,27,28,31). The van der Waals surface area contributed by atoms with Crippen LogP contribution in [0.3, 0.4) is 0 Å². The van der Waals surface area contributed by atoms with Gasteiger partial charge in [0.2, 0.25) is 5.91 Å². The fraction of sp³-hybridized carbons (Fsp3) is 0.391. The molecule has 4 rings (SSSR count). The third-order valence-corrected chi connectivity index (χ3v) is 6.25. The van der Waals surface area contributed by atoms with E-state index in [4.69, 9.17) is 12.2 Å². The predicted octanol–water partition coefficient (Wildman–Crippen LogP) is 5.59. The van der Waals surface area contributed by atoms with E-state index in [0.29, 0.717) is 36.5 Å². The normalized spacial score (nSPS) is 18.3. The van der Waals surface area contributed by atoms with Gasteiger partial charge in [0.05, 0.1) is 11.1 Å². The van der Waals surface area contributed by atoms with Crippen LogP contribution in [0.25, 0.3) is 0 Å². The van der Waals surface area contributed by atoms with Gasteiger partial charge in [0.25, 0.3) is 0 Å². The lowest BCUT2D eigenvalue weighted by Gasteiger charge is -2.33. The Kier molecular flexibility index (Phi) is 5.92. The molecule has 164 valence electrons. The average molecular weight is 448 g/mol. The van der Waals surface area contributed by atoms with Crippen LogP contribution in [0.5, 0.6) is 0 Å². The highest BCUT2D eigenvalue weighted by atomic mass is 32.1. The smallest absolute Gasteiger partial charge is 0.353 e. The zero-order chi connectivity index (χ0) is 22.1. The second kappa shape index (κ2) is 8.49. The molecule has 1 amide bonds. The maximum absolute atomic E-state index is 13.2. The molecule has 2 fully saturated rings. The maximum atomic E-state index is 13.2. The van der Waals surface area contributed by atoms with Gasteiger partial charge in [-0.2, -0.15) is 13.2 Å². The summed E-state index contributed by atoms with van der Waals surface area (Å²) in [5, 5.41) is 6.80. The number of carbonyl (C=O) groups excluding carboxylic acids is 1. The van der Waals surface area contributed by atoms with E-state index in [1.807, 2.05) is 24.3 Å². The van der Waals surface area contributed by atoms with Crippen LogP contribution in [0, 0.1) is 0 Å². The molecule has 0 atom stereocenters. The van der Waals surface area contributed by atoms with E-state index in [1.165, 1.54) is 12.1 Å². The summed E-state index contributed by atoms with van der Waals surface area (Å²) >= 11 is 5.53. The van der Waals surface area contributed by atoms with Gasteiger partial charge in [0.1, 0.15) is 0 Å². The van der Waals surface area contributed by atoms with Crippen LogP contribution in [0.15, 0.2) is 48.5 Å². The van der Waals surface area contributed by atoms with Crippen LogP contribution in [-0.2, 0) is 16.5 Å². The molecule has 2 N–H and O–H groups in total. The van der Waals surface area contributed by atoms with Crippen LogP contribution in [0.2, 0.25) is 0 Å². The Hall–Kier alpha value is -2.61. The van der Waals surface area contributed by atoms with Crippen molar-refractivity contribution in [3.8, 4) is 0 Å². The number of rotatable bonds is 4. The van der Waals surface area contributed by atoms with Gasteiger partial charge in [-0.3, -0.25) is 4.79 Å². The Labute approximate surface area is 184 Å². The van der Waals surface area contributed by atoms with Gasteiger partial charge in [-0.05, 0) is 67.4 Å². The van der Waals surface area contributed by atoms with Gasteiger partial charge in [0, 0.05) is 24.3 Å². The van der Waals surface area contributed by atoms with Gasteiger partial charge in [0.15, 0.2) is 5.11 Å². The van der Waals surface area contributed by atoms with E-state index in [9.17, 15) is 18.0 Å². The number of anilines is 2. The number of alkyl halides is 3. The molecule has 8 heteroatoms. The fourth-order valence-corrected chi connectivity index (χ4v) is 4.82. The summed E-state index contributed by atoms with van der Waals surface area (Å²) in [5.41, 5.74) is 0.851. The molecule has 2 aromatic rings. The molecule has 1 saturated heterocycles. The van der Waals surface area contributed by atoms with Crippen LogP contribution in [0.1, 0.15) is 49.7 Å². The van der Waals surface area contributed by atoms with Crippen LogP contribution in [-0.4, -0.2) is 17.6 Å². The SMILES string of the molecule is O=C1CCCN1c1cccc(NC(=S)NC2(c3cccc(C(F)(F)F)c3)CCCC2)c1. The molecular weight excluding hydrogens is 423 g/mol. The maximum Gasteiger partial charge on any atom is 0.416 e. The van der Waals surface area contributed by atoms with Crippen molar-refractivity contribution in [2.45, 2.75) is 50.2 Å². The molecule has 0 spiro atoms. The minimum absolute atomic E-state index is 0.104. The Bertz CT molecular complexity index is 986. The molecule has 31 heavy (non-hydrogen) atoms. The monoisotopic (exact) mass is 447 g/mol. The van der Waals surface area contributed by atoms with Crippen LogP contribution >= 0.6 is 12.2 Å². The second-order valence-electron chi connectivity index (χ2n) is 8.15. The number of amides is 1. The quantitative estimate of drug-likeness (QED) is 0.600. The molecule has 1 aliphatic carbocycles. The number of benzene rings is 2. The zero-order valence-electron chi connectivity index (χ0n) is 17.0. The number of hydrogen-bond acceptors (Lipinski definition) is 2. The molecular formula is C23H24F3N3OS. The molecule has 2 aromatic carbocycles. The summed E-state index contributed by atoms with van der Waals surface area (Å²) in [6, 6.07) is 12.9. The first-order chi connectivity index (χ1) is 14.8. The molecule has 2 aliphatic rings. The summed E-state index contributed by atoms with van der Waals surface area (Å²) in [6.45, 7) is 0.698. The average Bonchev–Trinajstić information content (AvgIpc) is 3.37. The van der Waals surface area contributed by atoms with E-state index >= 15 is 0 Å². The number of hydrogen-bond donors (Lipinski definition) is 2. The third-order valence-electron chi connectivity index (χ3n) is 6.04. The first kappa shape index (κ1) is 21.6. The number of thiocarbonyl (C=S) groups is 1. The number of nitrogens with zero attached hydrogens (tertiary/aromatic N) is 1. The van der Waals surface area contributed by atoms with Crippen molar-refractivity contribution in [2.75, 3.05) is 16.8 Å². The van der Waals surface area contributed by atoms with Gasteiger partial charge in [-0.25, -0.2) is 0 Å². The number of carbonyl (C=O) groups is 1. The van der Waals surface area contributed by atoms with Gasteiger partial charge in [-0.15, -0.1) is 0 Å². The molecule has 0 radical (unpaired) electrons. The molecule has 1 aliphatic heterocycles. The van der Waals surface area contributed by atoms with Crippen LogP contribution < -0.4 is 15.5 Å². The highest BCUT2D eigenvalue weighted by molar-refractivity contribution is 7.80. The lowest BCUT2D eigenvalue weighted by molar-refractivity contribution is -0.137. The first-order valence-electron chi connectivity index (χ1n) is 10.4. The lowest BCUT2D eigenvalue weighted by Crippen LogP contribution is -2.45. The van der Waals surface area contributed by atoms with E-state index in [1.54, 1.807) is 11.0 Å². The minimum Gasteiger partial charge on any atom is -0.353 e. The summed E-state index contributed by atoms with van der Waals surface area (Å²) < 4.78 is 39.7. The van der Waals surface area contributed by atoms with Gasteiger partial charge in [-0.1, -0.05) is 31.0 Å². The largest absolute Gasteiger partial charge is 0.416 e. The molecule has 1 saturated carbocycles. The number of nitrogens with one attached hydrogen (secondary N) is 2. The summed E-state index contributed by atoms with van der Waals surface area (Å²) in [7, 11) is 0. The molecule has 1 heterocycles. The molecule has 4 nitrogen and oxygen atoms in total. The van der Waals surface area contributed by atoms with Gasteiger partial charge < -0.3 is 15.5 Å². The molecule has 0 bridgehead atoms. The van der Waals surface area contributed by atoms with Crippen molar-refractivity contribution in [3.05, 3.63) is 59.7 Å². The highest BCUT2D eigenvalue weighted by Gasteiger charge is 2.38. The van der Waals surface area contributed by atoms with E-state index in [2.05, 4.69) is 10.6 Å². The first-order valence-corrected chi connectivity index (χ1v) is 10.9. The minimum atomic E-state index is -4.39. The van der Waals surface area contributed by atoms with Crippen molar-refractivity contribution in [1.29, 1.82) is 0 Å². The van der Waals surface area contributed by atoms with Crippen molar-refractivity contribution in [3.63, 3.8) is 0 Å². The van der Waals surface area contributed by atoms with E-state index < -0.39 is 17.3 Å². The van der Waals surface area contributed by atoms with Crippen molar-refractivity contribution >= 4 is 34.6 Å². The lowest BCUT2D eigenvalue weighted by atomic mass is 9.87. The van der Waals surface area contributed by atoms with Crippen molar-refractivity contribution < 1.29 is 18.0 Å². The Morgan fingerprint density at radius 3 is 2.45 bits per heavy atom. The Morgan fingerprint density at radius 1 is 1.03 bits per heavy atom. The van der Waals surface area contributed by atoms with Crippen molar-refractivity contribution in [1.82, 2.24) is 5.32 Å². The molecule has 0 unspecified atom stereocenters. The van der Waals surface area contributed by atoms with E-state index in [-0.39, 0.29) is 5.91 Å². The zero-order valence-corrected chi connectivity index (χ0v) is 17.8. The third kappa shape index (κ3) is 4.69. The van der Waals surface area contributed by atoms with Gasteiger partial charge >= 0.3 is 6.18 Å². The summed E-state index contributed by atoms with van der Waals surface area (Å²) in [4.78, 5) is 13.8. The Morgan fingerprint density at radius 2 is 1.77 bits per heavy atom. The fourth-order valence-electron chi connectivity index (χ4n) is 4.51. The second-order valence-corrected chi connectivity index (χ2v) is 8.55. The predicted molar refractivity (Wildman–Crippen MR) is 119 cm³/mol. The highest BCUT2D eigenvalue weighted by Crippen LogP contribution is 2.41. The van der Waals surface area contributed by atoms with Crippen LogP contribution in [0.4, 0.5) is 24.5 Å². The summed E-state index contributed by atoms with van der Waals surface area (Å²) in [6.07, 6.45) is 0.253. The van der Waals surface area contributed by atoms with E-state index in [0.717, 1.165) is 36.7 Å². The Balaban J connectivity index is 1.52.